The molecule has 1 aliphatic rings. The molecule has 0 amide bonds. The van der Waals surface area contributed by atoms with Gasteiger partial charge in [0.2, 0.25) is 0 Å². The molecule has 2 atom stereocenters. The summed E-state index contributed by atoms with van der Waals surface area (Å²) in [6, 6.07) is 6.30. The summed E-state index contributed by atoms with van der Waals surface area (Å²) in [6.45, 7) is 0. The van der Waals surface area contributed by atoms with Gasteiger partial charge in [-0.3, -0.25) is 14.9 Å². The summed E-state index contributed by atoms with van der Waals surface area (Å²) < 4.78 is 0. The van der Waals surface area contributed by atoms with Crippen LogP contribution >= 0.6 is 0 Å². The first kappa shape index (κ1) is 12.3. The summed E-state index contributed by atoms with van der Waals surface area (Å²) in [5.41, 5.74) is 0.840. The normalized spacial score (nSPS) is 22.7. The van der Waals surface area contributed by atoms with Crippen molar-refractivity contribution in [2.45, 2.75) is 25.3 Å². The molecule has 18 heavy (non-hydrogen) atoms. The second-order valence-electron chi connectivity index (χ2n) is 4.49. The summed E-state index contributed by atoms with van der Waals surface area (Å²) >= 11 is 0. The summed E-state index contributed by atoms with van der Waals surface area (Å²) in [6.07, 6.45) is 2.10. The maximum Gasteiger partial charge on any atom is 0.306 e. The van der Waals surface area contributed by atoms with Gasteiger partial charge in [-0.25, -0.2) is 0 Å². The van der Waals surface area contributed by atoms with Gasteiger partial charge in [0.05, 0.1) is 10.8 Å². The Labute approximate surface area is 104 Å². The third kappa shape index (κ3) is 2.77. The van der Waals surface area contributed by atoms with E-state index in [1.165, 1.54) is 12.1 Å². The molecule has 1 aromatic carbocycles. The Morgan fingerprint density at radius 3 is 2.50 bits per heavy atom. The Bertz CT molecular complexity index is 458. The molecule has 2 N–H and O–H groups in total. The van der Waals surface area contributed by atoms with Gasteiger partial charge in [-0.1, -0.05) is 0 Å². The van der Waals surface area contributed by atoms with Crippen molar-refractivity contribution in [3.63, 3.8) is 0 Å². The molecule has 6 nitrogen and oxygen atoms in total. The lowest BCUT2D eigenvalue weighted by Crippen LogP contribution is -2.17. The van der Waals surface area contributed by atoms with Gasteiger partial charge >= 0.3 is 5.97 Å². The van der Waals surface area contributed by atoms with Crippen molar-refractivity contribution in [2.75, 3.05) is 5.32 Å². The average molecular weight is 250 g/mol. The van der Waals surface area contributed by atoms with E-state index in [1.807, 2.05) is 0 Å². The number of hydrogen-bond donors (Lipinski definition) is 2. The molecule has 0 bridgehead atoms. The minimum atomic E-state index is -0.747. The molecule has 1 aromatic rings. The number of nitro benzene ring substituents is 1. The van der Waals surface area contributed by atoms with Gasteiger partial charge in [0, 0.05) is 23.9 Å². The lowest BCUT2D eigenvalue weighted by atomic mass is 10.1. The van der Waals surface area contributed by atoms with Crippen molar-refractivity contribution in [3.8, 4) is 0 Å². The molecule has 0 heterocycles. The molecule has 0 aromatic heterocycles. The van der Waals surface area contributed by atoms with E-state index in [0.717, 1.165) is 12.1 Å². The van der Waals surface area contributed by atoms with Gasteiger partial charge in [-0.05, 0) is 31.4 Å². The molecular formula is C12H14N2O4. The molecule has 2 unspecified atom stereocenters. The Balaban J connectivity index is 1.94. The number of anilines is 1. The van der Waals surface area contributed by atoms with E-state index in [-0.39, 0.29) is 17.6 Å². The van der Waals surface area contributed by atoms with Crippen LogP contribution in [0.25, 0.3) is 0 Å². The summed E-state index contributed by atoms with van der Waals surface area (Å²) in [5, 5.41) is 22.6. The highest BCUT2D eigenvalue weighted by atomic mass is 16.6. The molecule has 6 heteroatoms. The number of benzene rings is 1. The summed E-state index contributed by atoms with van der Waals surface area (Å²) in [4.78, 5) is 20.9. The quantitative estimate of drug-likeness (QED) is 0.631. The second-order valence-corrected chi connectivity index (χ2v) is 4.49. The van der Waals surface area contributed by atoms with Gasteiger partial charge in [0.1, 0.15) is 0 Å². The first-order chi connectivity index (χ1) is 8.56. The monoisotopic (exact) mass is 250 g/mol. The van der Waals surface area contributed by atoms with Crippen molar-refractivity contribution in [3.05, 3.63) is 34.4 Å². The molecule has 2 rings (SSSR count). The first-order valence-electron chi connectivity index (χ1n) is 5.80. The number of nitrogens with zero attached hydrogens (tertiary/aromatic N) is 1. The van der Waals surface area contributed by atoms with Gasteiger partial charge in [-0.15, -0.1) is 0 Å². The Kier molecular flexibility index (Phi) is 3.45. The van der Waals surface area contributed by atoms with Crippen LogP contribution in [-0.4, -0.2) is 22.0 Å². The van der Waals surface area contributed by atoms with Crippen molar-refractivity contribution in [2.24, 2.45) is 5.92 Å². The van der Waals surface area contributed by atoms with Crippen LogP contribution in [-0.2, 0) is 4.79 Å². The van der Waals surface area contributed by atoms with Gasteiger partial charge in [-0.2, -0.15) is 0 Å². The van der Waals surface area contributed by atoms with Gasteiger partial charge < -0.3 is 10.4 Å². The number of nitrogens with one attached hydrogen (secondary N) is 1. The molecule has 0 saturated heterocycles. The van der Waals surface area contributed by atoms with Crippen molar-refractivity contribution < 1.29 is 14.8 Å². The lowest BCUT2D eigenvalue weighted by Gasteiger charge is -2.13. The Hall–Kier alpha value is -2.11. The molecule has 1 saturated carbocycles. The predicted octanol–water partition coefficient (Wildman–Crippen LogP) is 2.26. The maximum absolute atomic E-state index is 10.8. The van der Waals surface area contributed by atoms with E-state index in [2.05, 4.69) is 5.32 Å². The zero-order valence-electron chi connectivity index (χ0n) is 9.70. The van der Waals surface area contributed by atoms with Gasteiger partial charge in [0.25, 0.3) is 5.69 Å². The molecule has 1 fully saturated rings. The van der Waals surface area contributed by atoms with E-state index in [9.17, 15) is 14.9 Å². The second kappa shape index (κ2) is 5.03. The lowest BCUT2D eigenvalue weighted by molar-refractivity contribution is -0.384. The Morgan fingerprint density at radius 2 is 2.00 bits per heavy atom. The standard InChI is InChI=1S/C12H14N2O4/c15-12(16)8-1-2-10(7-8)13-9-3-5-11(6-4-9)14(17)18/h3-6,8,10,13H,1-2,7H2,(H,15,16). The minimum Gasteiger partial charge on any atom is -0.481 e. The minimum absolute atomic E-state index is 0.0513. The largest absolute Gasteiger partial charge is 0.481 e. The van der Waals surface area contributed by atoms with Crippen LogP contribution in [0.15, 0.2) is 24.3 Å². The van der Waals surface area contributed by atoms with Crippen LogP contribution in [0.4, 0.5) is 11.4 Å². The van der Waals surface area contributed by atoms with Crippen LogP contribution in [0.2, 0.25) is 0 Å². The van der Waals surface area contributed by atoms with E-state index >= 15 is 0 Å². The number of non-ortho nitro benzene ring substituents is 1. The molecular weight excluding hydrogens is 236 g/mol. The third-order valence-electron chi connectivity index (χ3n) is 3.23. The number of rotatable bonds is 4. The van der Waals surface area contributed by atoms with Crippen LogP contribution < -0.4 is 5.32 Å². The fourth-order valence-electron chi connectivity index (χ4n) is 2.25. The molecule has 0 radical (unpaired) electrons. The van der Waals surface area contributed by atoms with E-state index in [1.54, 1.807) is 12.1 Å². The molecule has 1 aliphatic carbocycles. The van der Waals surface area contributed by atoms with Crippen molar-refractivity contribution >= 4 is 17.3 Å². The smallest absolute Gasteiger partial charge is 0.306 e. The fourth-order valence-corrected chi connectivity index (χ4v) is 2.25. The van der Waals surface area contributed by atoms with E-state index in [4.69, 9.17) is 5.11 Å². The average Bonchev–Trinajstić information content (AvgIpc) is 2.78. The summed E-state index contributed by atoms with van der Waals surface area (Å²) in [7, 11) is 0. The zero-order valence-corrected chi connectivity index (χ0v) is 9.70. The summed E-state index contributed by atoms with van der Waals surface area (Å²) in [5.74, 6) is -1.02. The topological polar surface area (TPSA) is 92.5 Å². The van der Waals surface area contributed by atoms with E-state index < -0.39 is 10.9 Å². The number of carboxylic acids is 1. The number of hydrogen-bond acceptors (Lipinski definition) is 4. The number of carbonyl (C=O) groups is 1. The van der Waals surface area contributed by atoms with Crippen LogP contribution in [0, 0.1) is 16.0 Å². The first-order valence-corrected chi connectivity index (χ1v) is 5.80. The van der Waals surface area contributed by atoms with Gasteiger partial charge in [0.15, 0.2) is 0 Å². The highest BCUT2D eigenvalue weighted by molar-refractivity contribution is 5.70. The number of nitro groups is 1. The Morgan fingerprint density at radius 1 is 1.33 bits per heavy atom. The van der Waals surface area contributed by atoms with Crippen molar-refractivity contribution in [1.29, 1.82) is 0 Å². The number of aliphatic carboxylic acids is 1. The number of carboxylic acid groups (broad SMARTS) is 1. The predicted molar refractivity (Wildman–Crippen MR) is 65.5 cm³/mol. The van der Waals surface area contributed by atoms with Crippen LogP contribution in [0.5, 0.6) is 0 Å². The SMILES string of the molecule is O=C(O)C1CCC(Nc2ccc([N+](=O)[O-])cc2)C1. The maximum atomic E-state index is 10.8. The fraction of sp³-hybridized carbons (Fsp3) is 0.417. The third-order valence-corrected chi connectivity index (χ3v) is 3.23. The van der Waals surface area contributed by atoms with E-state index in [0.29, 0.717) is 12.8 Å². The molecule has 0 aliphatic heterocycles. The highest BCUT2D eigenvalue weighted by Crippen LogP contribution is 2.28. The molecule has 0 spiro atoms. The zero-order chi connectivity index (χ0) is 13.1. The van der Waals surface area contributed by atoms with Crippen LogP contribution in [0.3, 0.4) is 0 Å². The molecule has 96 valence electrons. The van der Waals surface area contributed by atoms with Crippen molar-refractivity contribution in [1.82, 2.24) is 0 Å². The van der Waals surface area contributed by atoms with Crippen LogP contribution in [0.1, 0.15) is 19.3 Å². The highest BCUT2D eigenvalue weighted by Gasteiger charge is 2.29.